The van der Waals surface area contributed by atoms with Gasteiger partial charge >= 0.3 is 5.97 Å². The zero-order valence-electron chi connectivity index (χ0n) is 32.2. The van der Waals surface area contributed by atoms with Crippen LogP contribution in [0.4, 0.5) is 5.69 Å². The summed E-state index contributed by atoms with van der Waals surface area (Å²) in [6.07, 6.45) is 1.44. The number of anilines is 1. The van der Waals surface area contributed by atoms with Crippen molar-refractivity contribution in [3.05, 3.63) is 180 Å². The number of aryl methyl sites for hydroxylation is 1. The van der Waals surface area contributed by atoms with Gasteiger partial charge in [-0.05, 0) is 76.9 Å². The Morgan fingerprint density at radius 1 is 0.807 bits per heavy atom. The lowest BCUT2D eigenvalue weighted by Crippen LogP contribution is -2.52. The predicted molar refractivity (Wildman–Crippen MR) is 224 cm³/mol. The molecule has 6 aromatic rings. The lowest BCUT2D eigenvalue weighted by molar-refractivity contribution is -0.147. The molecule has 8 heteroatoms. The molecule has 1 N–H and O–H groups in total. The third-order valence-electron chi connectivity index (χ3n) is 10.4. The first-order chi connectivity index (χ1) is 27.7. The van der Waals surface area contributed by atoms with Crippen molar-refractivity contribution >= 4 is 34.2 Å². The van der Waals surface area contributed by atoms with E-state index in [0.29, 0.717) is 34.5 Å². The van der Waals surface area contributed by atoms with E-state index in [2.05, 4.69) is 18.7 Å². The Morgan fingerprint density at radius 3 is 2.19 bits per heavy atom. The number of benzene rings is 6. The van der Waals surface area contributed by atoms with Crippen LogP contribution in [0.2, 0.25) is 0 Å². The van der Waals surface area contributed by atoms with Gasteiger partial charge in [0.1, 0.15) is 11.9 Å². The molecule has 1 heterocycles. The number of aliphatic hydroxyl groups is 1. The fourth-order valence-electron chi connectivity index (χ4n) is 7.67. The molecule has 1 aliphatic heterocycles. The van der Waals surface area contributed by atoms with Gasteiger partial charge in [-0.2, -0.15) is 0 Å². The highest BCUT2D eigenvalue weighted by Gasteiger charge is 2.51. The molecule has 2 amide bonds. The molecule has 3 atom stereocenters. The number of fused-ring (bicyclic) bond motifs is 2. The van der Waals surface area contributed by atoms with E-state index in [1.54, 1.807) is 28.0 Å². The number of aliphatic hydroxyl groups excluding tert-OH is 1. The number of hydrogen-bond acceptors (Lipinski definition) is 6. The van der Waals surface area contributed by atoms with Gasteiger partial charge in [-0.25, -0.2) is 0 Å². The Bertz CT molecular complexity index is 2370. The van der Waals surface area contributed by atoms with Gasteiger partial charge < -0.3 is 19.5 Å². The summed E-state index contributed by atoms with van der Waals surface area (Å²) in [5, 5.41) is 11.4. The second kappa shape index (κ2) is 17.5. The largest absolute Gasteiger partial charge is 0.493 e. The third-order valence-corrected chi connectivity index (χ3v) is 10.4. The van der Waals surface area contributed by atoms with E-state index in [-0.39, 0.29) is 38.0 Å². The van der Waals surface area contributed by atoms with Gasteiger partial charge in [0, 0.05) is 49.6 Å². The zero-order chi connectivity index (χ0) is 39.9. The maximum absolute atomic E-state index is 15.1. The molecule has 1 unspecified atom stereocenters. The molecule has 0 spiro atoms. The monoisotopic (exact) mass is 758 g/mol. The Hall–Kier alpha value is -6.51. The first kappa shape index (κ1) is 38.8. The van der Waals surface area contributed by atoms with Crippen molar-refractivity contribution in [3.63, 3.8) is 0 Å². The minimum Gasteiger partial charge on any atom is -0.493 e. The van der Waals surface area contributed by atoms with Crippen LogP contribution in [0.15, 0.2) is 152 Å². The highest BCUT2D eigenvalue weighted by molar-refractivity contribution is 6.10. The van der Waals surface area contributed by atoms with E-state index < -0.39 is 24.2 Å². The third kappa shape index (κ3) is 8.52. The topological polar surface area (TPSA) is 96.4 Å². The van der Waals surface area contributed by atoms with Crippen molar-refractivity contribution in [3.8, 4) is 16.9 Å². The number of ether oxygens (including phenoxy) is 2. The van der Waals surface area contributed by atoms with Crippen LogP contribution in [-0.2, 0) is 16.1 Å². The summed E-state index contributed by atoms with van der Waals surface area (Å²) in [6.45, 7) is 7.73. The SMILES string of the molecule is C=CCC(OC(C)=O)[C@@H]1[C@@H](N(Cc2ccc(-c3ccccc3)cc2)C(=O)c2ccc(C)cc2)c2cc(OCCCO)ccc2N1C(=O)c1ccc2ccccc2c1. The van der Waals surface area contributed by atoms with Crippen LogP contribution in [0, 0.1) is 6.92 Å². The van der Waals surface area contributed by atoms with Crippen molar-refractivity contribution in [1.29, 1.82) is 0 Å². The number of hydrogen-bond donors (Lipinski definition) is 1. The summed E-state index contributed by atoms with van der Waals surface area (Å²) in [5.74, 6) is -0.557. The molecule has 0 aromatic heterocycles. The molecule has 0 saturated heterocycles. The second-order valence-electron chi connectivity index (χ2n) is 14.4. The normalized spacial score (nSPS) is 15.1. The number of rotatable bonds is 14. The molecule has 0 radical (unpaired) electrons. The van der Waals surface area contributed by atoms with Gasteiger partial charge in [0.15, 0.2) is 0 Å². The van der Waals surface area contributed by atoms with Crippen molar-refractivity contribution in [2.45, 2.75) is 51.4 Å². The van der Waals surface area contributed by atoms with E-state index in [0.717, 1.165) is 33.0 Å². The minimum absolute atomic E-state index is 0.0306. The summed E-state index contributed by atoms with van der Waals surface area (Å²) in [4.78, 5) is 46.6. The van der Waals surface area contributed by atoms with Crippen molar-refractivity contribution in [1.82, 2.24) is 4.90 Å². The number of carbonyl (C=O) groups is 3. The Kier molecular flexibility index (Phi) is 11.9. The van der Waals surface area contributed by atoms with Crippen LogP contribution in [0.25, 0.3) is 21.9 Å². The summed E-state index contributed by atoms with van der Waals surface area (Å²) in [5.41, 5.74) is 6.16. The van der Waals surface area contributed by atoms with Crippen LogP contribution in [-0.4, -0.2) is 53.1 Å². The number of carbonyl (C=O) groups excluding carboxylic acids is 3. The molecule has 57 heavy (non-hydrogen) atoms. The molecule has 288 valence electrons. The highest BCUT2D eigenvalue weighted by atomic mass is 16.5. The standard InChI is InChI=1S/C49H46N2O6/c1-4-11-45(57-34(3)53)47-46(50(48(54)39-20-16-33(2)17-21-39)32-35-18-22-38(23-19-35)36-12-6-5-7-13-36)43-31-42(56-29-10-28-52)26-27-44(43)51(47)49(55)41-25-24-37-14-8-9-15-40(37)30-41/h4-9,12-27,30-31,45-47,52H,1,10-11,28-29,32H2,2-3H3/t45?,46-,47+/m0/s1. The first-order valence-corrected chi connectivity index (χ1v) is 19.3. The van der Waals surface area contributed by atoms with E-state index in [1.165, 1.54) is 6.92 Å². The fourth-order valence-corrected chi connectivity index (χ4v) is 7.67. The molecule has 0 fully saturated rings. The highest BCUT2D eigenvalue weighted by Crippen LogP contribution is 2.48. The van der Waals surface area contributed by atoms with Gasteiger partial charge in [0.25, 0.3) is 11.8 Å². The van der Waals surface area contributed by atoms with Gasteiger partial charge in [-0.3, -0.25) is 19.3 Å². The first-order valence-electron chi connectivity index (χ1n) is 19.3. The lowest BCUT2D eigenvalue weighted by Gasteiger charge is -2.39. The van der Waals surface area contributed by atoms with Gasteiger partial charge in [-0.1, -0.05) is 109 Å². The van der Waals surface area contributed by atoms with Crippen molar-refractivity contribution in [2.75, 3.05) is 18.1 Å². The maximum atomic E-state index is 15.1. The Balaban J connectivity index is 1.42. The average molecular weight is 759 g/mol. The van der Waals surface area contributed by atoms with Crippen LogP contribution in [0.1, 0.15) is 63.2 Å². The average Bonchev–Trinajstić information content (AvgIpc) is 3.56. The van der Waals surface area contributed by atoms with Crippen molar-refractivity contribution in [2.24, 2.45) is 0 Å². The molecule has 6 aromatic carbocycles. The summed E-state index contributed by atoms with van der Waals surface area (Å²) in [7, 11) is 0. The molecule has 8 nitrogen and oxygen atoms in total. The molecule has 0 aliphatic carbocycles. The van der Waals surface area contributed by atoms with E-state index in [4.69, 9.17) is 9.47 Å². The van der Waals surface area contributed by atoms with Gasteiger partial charge in [-0.15, -0.1) is 6.58 Å². The van der Waals surface area contributed by atoms with Crippen LogP contribution >= 0.6 is 0 Å². The maximum Gasteiger partial charge on any atom is 0.302 e. The van der Waals surface area contributed by atoms with Gasteiger partial charge in [0.2, 0.25) is 0 Å². The molecule has 0 bridgehead atoms. The second-order valence-corrected chi connectivity index (χ2v) is 14.4. The molecular weight excluding hydrogens is 713 g/mol. The number of nitrogens with zero attached hydrogens (tertiary/aromatic N) is 2. The zero-order valence-corrected chi connectivity index (χ0v) is 32.2. The van der Waals surface area contributed by atoms with Crippen LogP contribution in [0.3, 0.4) is 0 Å². The molecule has 1 aliphatic rings. The summed E-state index contributed by atoms with van der Waals surface area (Å²) < 4.78 is 12.2. The molecular formula is C49H46N2O6. The van der Waals surface area contributed by atoms with E-state index >= 15 is 9.59 Å². The van der Waals surface area contributed by atoms with Crippen LogP contribution in [0.5, 0.6) is 5.75 Å². The molecule has 0 saturated carbocycles. The lowest BCUT2D eigenvalue weighted by atomic mass is 9.93. The van der Waals surface area contributed by atoms with Gasteiger partial charge in [0.05, 0.1) is 24.4 Å². The fraction of sp³-hybridized carbons (Fsp3) is 0.204. The van der Waals surface area contributed by atoms with E-state index in [1.807, 2.05) is 122 Å². The smallest absolute Gasteiger partial charge is 0.302 e. The number of esters is 1. The summed E-state index contributed by atoms with van der Waals surface area (Å²) in [6, 6.07) is 42.9. The summed E-state index contributed by atoms with van der Waals surface area (Å²) >= 11 is 0. The van der Waals surface area contributed by atoms with Crippen molar-refractivity contribution < 1.29 is 29.0 Å². The van der Waals surface area contributed by atoms with Crippen LogP contribution < -0.4 is 9.64 Å². The predicted octanol–water partition coefficient (Wildman–Crippen LogP) is 9.50. The Morgan fingerprint density at radius 2 is 1.49 bits per heavy atom. The number of amides is 2. The van der Waals surface area contributed by atoms with E-state index in [9.17, 15) is 9.90 Å². The minimum atomic E-state index is -0.880. The Labute approximate surface area is 333 Å². The quantitative estimate of drug-likeness (QED) is 0.0676. The molecule has 7 rings (SSSR count).